The van der Waals surface area contributed by atoms with Gasteiger partial charge in [-0.1, -0.05) is 0 Å². The van der Waals surface area contributed by atoms with Crippen molar-refractivity contribution in [3.63, 3.8) is 0 Å². The lowest BCUT2D eigenvalue weighted by molar-refractivity contribution is -0.137. The van der Waals surface area contributed by atoms with Crippen molar-refractivity contribution in [1.82, 2.24) is 5.32 Å². The quantitative estimate of drug-likeness (QED) is 0.822. The maximum Gasteiger partial charge on any atom is 0.416 e. The van der Waals surface area contributed by atoms with Gasteiger partial charge in [-0.2, -0.15) is 13.2 Å². The molecule has 0 saturated carbocycles. The number of rotatable bonds is 2. The molecule has 1 amide bonds. The lowest BCUT2D eigenvalue weighted by Gasteiger charge is -2.18. The van der Waals surface area contributed by atoms with Crippen LogP contribution in [0.25, 0.3) is 0 Å². The summed E-state index contributed by atoms with van der Waals surface area (Å²) in [6.07, 6.45) is -2.54. The number of benzene rings is 1. The van der Waals surface area contributed by atoms with Gasteiger partial charge < -0.3 is 10.6 Å². The molecule has 0 radical (unpaired) electrons. The van der Waals surface area contributed by atoms with E-state index in [-0.39, 0.29) is 11.6 Å². The Hall–Kier alpha value is -1.79. The van der Waals surface area contributed by atoms with E-state index >= 15 is 0 Å². The van der Waals surface area contributed by atoms with Gasteiger partial charge in [-0.3, -0.25) is 4.79 Å². The first-order valence-corrected chi connectivity index (χ1v) is 6.29. The van der Waals surface area contributed by atoms with Crippen molar-refractivity contribution in [2.45, 2.75) is 31.5 Å². The zero-order chi connectivity index (χ0) is 14.8. The highest BCUT2D eigenvalue weighted by Crippen LogP contribution is 2.32. The molecule has 1 atom stereocenters. The largest absolute Gasteiger partial charge is 0.416 e. The van der Waals surface area contributed by atoms with Crippen LogP contribution in [0.2, 0.25) is 0 Å². The molecule has 1 fully saturated rings. The Morgan fingerprint density at radius 3 is 2.70 bits per heavy atom. The molecule has 1 heterocycles. The molecule has 0 bridgehead atoms. The van der Waals surface area contributed by atoms with E-state index in [0.29, 0.717) is 25.1 Å². The first-order valence-electron chi connectivity index (χ1n) is 6.29. The Morgan fingerprint density at radius 2 is 2.00 bits per heavy atom. The second-order valence-electron chi connectivity index (χ2n) is 4.68. The Kier molecular flexibility index (Phi) is 4.15. The minimum atomic E-state index is -4.55. The molecule has 1 aromatic rings. The van der Waals surface area contributed by atoms with Crippen LogP contribution in [0.5, 0.6) is 0 Å². The molecule has 110 valence electrons. The third kappa shape index (κ3) is 3.40. The Morgan fingerprint density at radius 1 is 1.25 bits per heavy atom. The second-order valence-corrected chi connectivity index (χ2v) is 4.68. The number of amides is 1. The second kappa shape index (κ2) is 5.68. The molecule has 3 nitrogen and oxygen atoms in total. The minimum absolute atomic E-state index is 0.304. The van der Waals surface area contributed by atoms with Gasteiger partial charge in [0.15, 0.2) is 0 Å². The molecule has 20 heavy (non-hydrogen) atoms. The zero-order valence-corrected chi connectivity index (χ0v) is 10.6. The average Bonchev–Trinajstić information content (AvgIpc) is 2.56. The molecule has 1 aromatic carbocycles. The number of halogens is 4. The lowest BCUT2D eigenvalue weighted by atomic mass is 10.1. The van der Waals surface area contributed by atoms with Crippen molar-refractivity contribution in [2.75, 3.05) is 11.9 Å². The van der Waals surface area contributed by atoms with E-state index in [0.717, 1.165) is 18.9 Å². The minimum Gasteiger partial charge on any atom is -0.371 e. The van der Waals surface area contributed by atoms with Crippen molar-refractivity contribution in [3.05, 3.63) is 29.6 Å². The summed E-state index contributed by atoms with van der Waals surface area (Å²) in [6.45, 7) is 0.530. The van der Waals surface area contributed by atoms with E-state index in [1.807, 2.05) is 0 Å². The van der Waals surface area contributed by atoms with Crippen LogP contribution in [-0.2, 0) is 11.0 Å². The summed E-state index contributed by atoms with van der Waals surface area (Å²) in [7, 11) is 0. The number of nitrogens with one attached hydrogen (secondary N) is 2. The highest BCUT2D eigenvalue weighted by Gasteiger charge is 2.31. The summed E-state index contributed by atoms with van der Waals surface area (Å²) in [5.41, 5.74) is -1.25. The van der Waals surface area contributed by atoms with Gasteiger partial charge >= 0.3 is 6.18 Å². The third-order valence-corrected chi connectivity index (χ3v) is 3.16. The van der Waals surface area contributed by atoms with Crippen LogP contribution < -0.4 is 10.6 Å². The maximum absolute atomic E-state index is 13.6. The fraction of sp³-hybridized carbons (Fsp3) is 0.462. The third-order valence-electron chi connectivity index (χ3n) is 3.16. The van der Waals surface area contributed by atoms with Gasteiger partial charge in [0.1, 0.15) is 11.9 Å². The lowest BCUT2D eigenvalue weighted by Crippen LogP contribution is -2.38. The van der Waals surface area contributed by atoms with Crippen LogP contribution in [-0.4, -0.2) is 18.5 Å². The highest BCUT2D eigenvalue weighted by atomic mass is 19.4. The van der Waals surface area contributed by atoms with Gasteiger partial charge in [0.25, 0.3) is 0 Å². The van der Waals surface area contributed by atoms with E-state index < -0.39 is 23.6 Å². The first-order chi connectivity index (χ1) is 9.38. The predicted molar refractivity (Wildman–Crippen MR) is 65.7 cm³/mol. The van der Waals surface area contributed by atoms with Gasteiger partial charge in [-0.05, 0) is 37.5 Å². The first kappa shape index (κ1) is 14.6. The van der Waals surface area contributed by atoms with Gasteiger partial charge in [0, 0.05) is 6.54 Å². The molecule has 1 aliphatic rings. The predicted octanol–water partition coefficient (Wildman–Crippen LogP) is 2.93. The summed E-state index contributed by atoms with van der Waals surface area (Å²) < 4.78 is 51.4. The molecule has 7 heteroatoms. The van der Waals surface area contributed by atoms with Gasteiger partial charge in [-0.15, -0.1) is 0 Å². The number of carbonyl (C=O) groups excluding carboxylic acids is 1. The topological polar surface area (TPSA) is 41.1 Å². The highest BCUT2D eigenvalue weighted by molar-refractivity contribution is 5.84. The molecule has 1 saturated heterocycles. The molecular formula is C13H14F4N2O. The molecule has 0 aromatic heterocycles. The molecule has 2 rings (SSSR count). The maximum atomic E-state index is 13.6. The number of hydrogen-bond donors (Lipinski definition) is 2. The van der Waals surface area contributed by atoms with Crippen molar-refractivity contribution in [3.8, 4) is 0 Å². The Bertz CT molecular complexity index is 502. The zero-order valence-electron chi connectivity index (χ0n) is 10.6. The fourth-order valence-electron chi connectivity index (χ4n) is 2.08. The van der Waals surface area contributed by atoms with Crippen LogP contribution in [0.3, 0.4) is 0 Å². The number of hydrogen-bond acceptors (Lipinski definition) is 2. The van der Waals surface area contributed by atoms with E-state index in [1.165, 1.54) is 0 Å². The van der Waals surface area contributed by atoms with E-state index in [2.05, 4.69) is 10.6 Å². The summed E-state index contributed by atoms with van der Waals surface area (Å²) in [5.74, 6) is -1.13. The van der Waals surface area contributed by atoms with Gasteiger partial charge in [-0.25, -0.2) is 4.39 Å². The Labute approximate surface area is 113 Å². The monoisotopic (exact) mass is 290 g/mol. The summed E-state index contributed by atoms with van der Waals surface area (Å²) in [5, 5.41) is 5.20. The fourth-order valence-corrected chi connectivity index (χ4v) is 2.08. The van der Waals surface area contributed by atoms with E-state index in [9.17, 15) is 22.4 Å². The van der Waals surface area contributed by atoms with E-state index in [1.54, 1.807) is 0 Å². The standard InChI is InChI=1S/C13H14F4N2O/c14-9-5-4-8(13(15,16)17)7-11(9)19-10-3-1-2-6-18-12(10)20/h4-5,7,10,19H,1-3,6H2,(H,18,20). The summed E-state index contributed by atoms with van der Waals surface area (Å²) in [6, 6.07) is 1.40. The molecule has 0 spiro atoms. The molecule has 0 aliphatic carbocycles. The smallest absolute Gasteiger partial charge is 0.371 e. The van der Waals surface area contributed by atoms with Crippen LogP contribution >= 0.6 is 0 Å². The van der Waals surface area contributed by atoms with Crippen LogP contribution in [0.15, 0.2) is 18.2 Å². The molecular weight excluding hydrogens is 276 g/mol. The van der Waals surface area contributed by atoms with Gasteiger partial charge in [0.2, 0.25) is 5.91 Å². The van der Waals surface area contributed by atoms with Gasteiger partial charge in [0.05, 0.1) is 11.3 Å². The number of alkyl halides is 3. The van der Waals surface area contributed by atoms with Crippen molar-refractivity contribution >= 4 is 11.6 Å². The van der Waals surface area contributed by atoms with Crippen molar-refractivity contribution in [2.24, 2.45) is 0 Å². The summed E-state index contributed by atoms with van der Waals surface area (Å²) >= 11 is 0. The molecule has 2 N–H and O–H groups in total. The van der Waals surface area contributed by atoms with Crippen LogP contribution in [0.1, 0.15) is 24.8 Å². The molecule has 1 aliphatic heterocycles. The normalized spacial score (nSPS) is 20.2. The summed E-state index contributed by atoms with van der Waals surface area (Å²) in [4.78, 5) is 11.7. The average molecular weight is 290 g/mol. The van der Waals surface area contributed by atoms with Crippen LogP contribution in [0, 0.1) is 5.82 Å². The molecule has 1 unspecified atom stereocenters. The number of carbonyl (C=O) groups is 1. The van der Waals surface area contributed by atoms with Crippen LogP contribution in [0.4, 0.5) is 23.2 Å². The van der Waals surface area contributed by atoms with Crippen molar-refractivity contribution in [1.29, 1.82) is 0 Å². The number of anilines is 1. The van der Waals surface area contributed by atoms with Crippen molar-refractivity contribution < 1.29 is 22.4 Å². The van der Waals surface area contributed by atoms with E-state index in [4.69, 9.17) is 0 Å². The SMILES string of the molecule is O=C1NCCCCC1Nc1cc(C(F)(F)F)ccc1F. The Balaban J connectivity index is 2.21.